The number of rotatable bonds is 0. The Labute approximate surface area is 98.4 Å². The molecule has 0 fully saturated rings. The summed E-state index contributed by atoms with van der Waals surface area (Å²) in [6.07, 6.45) is 15.4. The van der Waals surface area contributed by atoms with Crippen LogP contribution >= 0.6 is 0 Å². The van der Waals surface area contributed by atoms with E-state index in [1.54, 1.807) is 0 Å². The van der Waals surface area contributed by atoms with E-state index in [1.165, 1.54) is 0 Å². The van der Waals surface area contributed by atoms with Crippen molar-refractivity contribution in [3.05, 3.63) is 24.3 Å². The van der Waals surface area contributed by atoms with E-state index in [-0.39, 0.29) is 12.1 Å². The molecule has 0 N–H and O–H groups in total. The molecule has 1 rings (SSSR count). The maximum Gasteiger partial charge on any atom is 0.306 e. The van der Waals surface area contributed by atoms with Crippen LogP contribution in [0.25, 0.3) is 0 Å². The normalized spacial score (nSPS) is 28.8. The lowest BCUT2D eigenvalue weighted by molar-refractivity contribution is -0.148. The Balaban J connectivity index is 2.38. The van der Waals surface area contributed by atoms with Gasteiger partial charge < -0.3 is 4.74 Å². The molecule has 0 bridgehead atoms. The third-order valence-electron chi connectivity index (χ3n) is 2.67. The van der Waals surface area contributed by atoms with Crippen molar-refractivity contribution < 1.29 is 9.53 Å². The summed E-state index contributed by atoms with van der Waals surface area (Å²) in [7, 11) is 0. The maximum atomic E-state index is 11.4. The molecule has 0 radical (unpaired) electrons. The first-order valence-corrected chi connectivity index (χ1v) is 6.28. The van der Waals surface area contributed by atoms with Crippen molar-refractivity contribution in [2.45, 2.75) is 58.0 Å². The van der Waals surface area contributed by atoms with E-state index in [2.05, 4.69) is 24.3 Å². The van der Waals surface area contributed by atoms with Gasteiger partial charge in [-0.15, -0.1) is 0 Å². The third kappa shape index (κ3) is 6.44. The maximum absolute atomic E-state index is 11.4. The molecule has 1 aliphatic heterocycles. The van der Waals surface area contributed by atoms with Crippen molar-refractivity contribution in [2.24, 2.45) is 0 Å². The molecular formula is C14H22O2. The first-order chi connectivity index (χ1) is 7.79. The number of allylic oxidation sites excluding steroid dienone is 4. The third-order valence-corrected chi connectivity index (χ3v) is 2.67. The Kier molecular flexibility index (Phi) is 6.62. The van der Waals surface area contributed by atoms with Gasteiger partial charge in [0, 0.05) is 6.42 Å². The number of hydrogen-bond donors (Lipinski definition) is 0. The van der Waals surface area contributed by atoms with Crippen LogP contribution in [0.1, 0.15) is 51.9 Å². The van der Waals surface area contributed by atoms with E-state index in [1.807, 2.05) is 6.92 Å². The van der Waals surface area contributed by atoms with Gasteiger partial charge in [0.1, 0.15) is 0 Å². The van der Waals surface area contributed by atoms with E-state index in [0.29, 0.717) is 6.42 Å². The first-order valence-electron chi connectivity index (χ1n) is 6.28. The molecule has 0 aromatic heterocycles. The fraction of sp³-hybridized carbons (Fsp3) is 0.643. The lowest BCUT2D eigenvalue weighted by atomic mass is 10.1. The van der Waals surface area contributed by atoms with Gasteiger partial charge in [-0.05, 0) is 45.4 Å². The fourth-order valence-electron chi connectivity index (χ4n) is 1.74. The summed E-state index contributed by atoms with van der Waals surface area (Å²) < 4.78 is 5.31. The van der Waals surface area contributed by atoms with E-state index in [0.717, 1.165) is 38.5 Å². The van der Waals surface area contributed by atoms with Crippen LogP contribution in [0, 0.1) is 0 Å². The minimum atomic E-state index is -0.0477. The van der Waals surface area contributed by atoms with Gasteiger partial charge >= 0.3 is 5.97 Å². The average molecular weight is 222 g/mol. The Hall–Kier alpha value is -1.05. The summed E-state index contributed by atoms with van der Waals surface area (Å²) >= 11 is 0. The summed E-state index contributed by atoms with van der Waals surface area (Å²) in [6.45, 7) is 1.98. The molecule has 0 saturated heterocycles. The van der Waals surface area contributed by atoms with E-state index < -0.39 is 0 Å². The van der Waals surface area contributed by atoms with Crippen LogP contribution in [-0.4, -0.2) is 12.1 Å². The van der Waals surface area contributed by atoms with Crippen LogP contribution in [-0.2, 0) is 9.53 Å². The topological polar surface area (TPSA) is 26.3 Å². The van der Waals surface area contributed by atoms with Gasteiger partial charge in [-0.2, -0.15) is 0 Å². The lowest BCUT2D eigenvalue weighted by Gasteiger charge is -2.12. The SMILES string of the molecule is C[C@@H]1CCC/C=C/C/C=C\CCCC(=O)O1. The Morgan fingerprint density at radius 2 is 1.81 bits per heavy atom. The predicted octanol–water partition coefficient (Wildman–Crippen LogP) is 3.77. The summed E-state index contributed by atoms with van der Waals surface area (Å²) in [4.78, 5) is 11.4. The number of ether oxygens (including phenoxy) is 1. The van der Waals surface area contributed by atoms with Crippen LogP contribution in [0.3, 0.4) is 0 Å². The van der Waals surface area contributed by atoms with Crippen molar-refractivity contribution >= 4 is 5.97 Å². The molecule has 1 aliphatic rings. The van der Waals surface area contributed by atoms with Crippen LogP contribution < -0.4 is 0 Å². The Morgan fingerprint density at radius 3 is 2.56 bits per heavy atom. The average Bonchev–Trinajstić information content (AvgIpc) is 2.25. The monoisotopic (exact) mass is 222 g/mol. The minimum absolute atomic E-state index is 0.0477. The second-order valence-electron chi connectivity index (χ2n) is 4.30. The van der Waals surface area contributed by atoms with Crippen LogP contribution in [0.4, 0.5) is 0 Å². The predicted molar refractivity (Wildman–Crippen MR) is 66.2 cm³/mol. The highest BCUT2D eigenvalue weighted by molar-refractivity contribution is 5.69. The zero-order valence-corrected chi connectivity index (χ0v) is 10.2. The quantitative estimate of drug-likeness (QED) is 0.460. The highest BCUT2D eigenvalue weighted by atomic mass is 16.5. The van der Waals surface area contributed by atoms with Gasteiger partial charge in [0.25, 0.3) is 0 Å². The summed E-state index contributed by atoms with van der Waals surface area (Å²) in [5.74, 6) is -0.0477. The zero-order chi connectivity index (χ0) is 11.6. The van der Waals surface area contributed by atoms with Gasteiger partial charge in [-0.1, -0.05) is 24.3 Å². The standard InChI is InChI=1S/C14H22O2/c1-13-11-9-7-5-3-2-4-6-8-10-12-14(15)16-13/h3-6,13H,2,7-12H2,1H3/b5-3+,6-4-/t13-/m1/s1. The molecule has 0 amide bonds. The van der Waals surface area contributed by atoms with E-state index in [9.17, 15) is 4.79 Å². The molecule has 0 aliphatic carbocycles. The highest BCUT2D eigenvalue weighted by Gasteiger charge is 2.08. The number of carbonyl (C=O) groups is 1. The second-order valence-corrected chi connectivity index (χ2v) is 4.30. The van der Waals surface area contributed by atoms with Crippen LogP contribution in [0.2, 0.25) is 0 Å². The largest absolute Gasteiger partial charge is 0.463 e. The van der Waals surface area contributed by atoms with Crippen LogP contribution in [0.5, 0.6) is 0 Å². The summed E-state index contributed by atoms with van der Waals surface area (Å²) in [6, 6.07) is 0. The molecule has 0 unspecified atom stereocenters. The molecular weight excluding hydrogens is 200 g/mol. The molecule has 1 heterocycles. The molecule has 0 saturated carbocycles. The van der Waals surface area contributed by atoms with E-state index >= 15 is 0 Å². The number of carbonyl (C=O) groups excluding carboxylic acids is 1. The van der Waals surface area contributed by atoms with Crippen molar-refractivity contribution in [1.82, 2.24) is 0 Å². The molecule has 1 atom stereocenters. The van der Waals surface area contributed by atoms with Gasteiger partial charge in [0.2, 0.25) is 0 Å². The summed E-state index contributed by atoms with van der Waals surface area (Å²) in [5.41, 5.74) is 0. The smallest absolute Gasteiger partial charge is 0.306 e. The van der Waals surface area contributed by atoms with Crippen molar-refractivity contribution in [3.63, 3.8) is 0 Å². The number of cyclic esters (lactones) is 1. The zero-order valence-electron chi connectivity index (χ0n) is 10.2. The number of esters is 1. The molecule has 90 valence electrons. The molecule has 2 heteroatoms. The molecule has 0 aromatic carbocycles. The molecule has 16 heavy (non-hydrogen) atoms. The van der Waals surface area contributed by atoms with Gasteiger partial charge in [0.15, 0.2) is 0 Å². The lowest BCUT2D eigenvalue weighted by Crippen LogP contribution is -2.14. The second kappa shape index (κ2) is 8.14. The van der Waals surface area contributed by atoms with Gasteiger partial charge in [-0.25, -0.2) is 0 Å². The van der Waals surface area contributed by atoms with Crippen molar-refractivity contribution in [1.29, 1.82) is 0 Å². The molecule has 0 aromatic rings. The van der Waals surface area contributed by atoms with Crippen molar-refractivity contribution in [3.8, 4) is 0 Å². The molecule has 2 nitrogen and oxygen atoms in total. The fourth-order valence-corrected chi connectivity index (χ4v) is 1.74. The minimum Gasteiger partial charge on any atom is -0.463 e. The van der Waals surface area contributed by atoms with Gasteiger partial charge in [-0.3, -0.25) is 4.79 Å². The molecule has 0 spiro atoms. The number of hydrogen-bond acceptors (Lipinski definition) is 2. The van der Waals surface area contributed by atoms with E-state index in [4.69, 9.17) is 4.74 Å². The Bertz CT molecular complexity index is 253. The van der Waals surface area contributed by atoms with Crippen LogP contribution in [0.15, 0.2) is 24.3 Å². The van der Waals surface area contributed by atoms with Gasteiger partial charge in [0.05, 0.1) is 6.10 Å². The first kappa shape index (κ1) is 13.0. The van der Waals surface area contributed by atoms with Crippen molar-refractivity contribution in [2.75, 3.05) is 0 Å². The highest BCUT2D eigenvalue weighted by Crippen LogP contribution is 2.09. The summed E-state index contributed by atoms with van der Waals surface area (Å²) in [5, 5.41) is 0. The Morgan fingerprint density at radius 1 is 1.12 bits per heavy atom.